The van der Waals surface area contributed by atoms with Crippen LogP contribution in [0.15, 0.2) is 47.0 Å². The normalized spacial score (nSPS) is 17.0. The highest BCUT2D eigenvalue weighted by Gasteiger charge is 2.27. The van der Waals surface area contributed by atoms with Gasteiger partial charge >= 0.3 is 5.97 Å². The second kappa shape index (κ2) is 6.61. The van der Waals surface area contributed by atoms with Crippen molar-refractivity contribution in [2.24, 2.45) is 5.16 Å². The number of oxime groups is 1. The molecule has 22 heavy (non-hydrogen) atoms. The van der Waals surface area contributed by atoms with E-state index in [1.54, 1.807) is 6.33 Å². The number of methoxy groups -OCH3 is 1. The number of carbonyl (C=O) groups excluding carboxylic acids is 1. The van der Waals surface area contributed by atoms with E-state index >= 15 is 0 Å². The number of hydrogen-bond donors (Lipinski definition) is 0. The number of thioether (sulfide) groups is 1. The van der Waals surface area contributed by atoms with E-state index in [1.807, 2.05) is 34.9 Å². The molecule has 0 N–H and O–H groups in total. The van der Waals surface area contributed by atoms with Crippen LogP contribution in [0.5, 0.6) is 0 Å². The van der Waals surface area contributed by atoms with Crippen LogP contribution in [0.4, 0.5) is 0 Å². The third-order valence-corrected chi connectivity index (χ3v) is 4.18. The van der Waals surface area contributed by atoms with E-state index in [0.29, 0.717) is 17.9 Å². The second-order valence-corrected chi connectivity index (χ2v) is 5.58. The third kappa shape index (κ3) is 3.11. The van der Waals surface area contributed by atoms with E-state index in [2.05, 4.69) is 20.1 Å². The first kappa shape index (κ1) is 14.6. The summed E-state index contributed by atoms with van der Waals surface area (Å²) in [5.74, 6) is 0.176. The molecule has 0 spiro atoms. The van der Waals surface area contributed by atoms with Crippen molar-refractivity contribution in [2.45, 2.75) is 17.7 Å². The summed E-state index contributed by atoms with van der Waals surface area (Å²) < 4.78 is 6.53. The molecule has 1 aromatic carbocycles. The molecule has 7 nitrogen and oxygen atoms in total. The van der Waals surface area contributed by atoms with Gasteiger partial charge in [-0.2, -0.15) is 0 Å². The van der Waals surface area contributed by atoms with E-state index in [1.165, 1.54) is 18.9 Å². The number of carbonyl (C=O) groups is 1. The summed E-state index contributed by atoms with van der Waals surface area (Å²) in [5.41, 5.74) is 1.31. The van der Waals surface area contributed by atoms with Crippen LogP contribution in [0.25, 0.3) is 5.69 Å². The number of rotatable bonds is 5. The molecule has 3 rings (SSSR count). The van der Waals surface area contributed by atoms with Crippen LogP contribution in [0.3, 0.4) is 0 Å². The minimum Gasteiger partial charge on any atom is -0.464 e. The lowest BCUT2D eigenvalue weighted by molar-refractivity contribution is -0.132. The van der Waals surface area contributed by atoms with Crippen molar-refractivity contribution in [3.8, 4) is 5.69 Å². The lowest BCUT2D eigenvalue weighted by Gasteiger charge is -2.08. The summed E-state index contributed by atoms with van der Waals surface area (Å²) in [6.45, 7) is 0. The van der Waals surface area contributed by atoms with E-state index < -0.39 is 5.97 Å². The molecule has 1 aliphatic heterocycles. The Bertz CT molecular complexity index is 686. The number of benzene rings is 1. The average Bonchev–Trinajstić information content (AvgIpc) is 3.22. The van der Waals surface area contributed by atoms with Crippen LogP contribution in [0, 0.1) is 0 Å². The number of hydrogen-bond acceptors (Lipinski definition) is 7. The molecule has 0 aliphatic carbocycles. The molecule has 1 aliphatic rings. The Kier molecular flexibility index (Phi) is 4.38. The molecule has 0 fully saturated rings. The van der Waals surface area contributed by atoms with Crippen molar-refractivity contribution in [3.05, 3.63) is 36.7 Å². The Hall–Kier alpha value is -2.35. The molecule has 2 aromatic rings. The predicted molar refractivity (Wildman–Crippen MR) is 81.0 cm³/mol. The van der Waals surface area contributed by atoms with E-state index in [-0.39, 0.29) is 6.10 Å². The first-order valence-corrected chi connectivity index (χ1v) is 7.65. The van der Waals surface area contributed by atoms with Crippen molar-refractivity contribution in [2.75, 3.05) is 12.9 Å². The summed E-state index contributed by atoms with van der Waals surface area (Å²) in [4.78, 5) is 16.6. The van der Waals surface area contributed by atoms with Gasteiger partial charge in [0.25, 0.3) is 0 Å². The third-order valence-electron chi connectivity index (χ3n) is 3.10. The molecule has 0 saturated heterocycles. The van der Waals surface area contributed by atoms with Crippen LogP contribution in [-0.2, 0) is 14.4 Å². The van der Waals surface area contributed by atoms with Gasteiger partial charge in [0.15, 0.2) is 10.9 Å². The van der Waals surface area contributed by atoms with Gasteiger partial charge in [0.2, 0.25) is 0 Å². The molecule has 0 amide bonds. The fourth-order valence-corrected chi connectivity index (χ4v) is 2.92. The molecule has 0 radical (unpaired) electrons. The Morgan fingerprint density at radius 3 is 3.05 bits per heavy atom. The van der Waals surface area contributed by atoms with Crippen molar-refractivity contribution >= 4 is 23.4 Å². The molecule has 2 heterocycles. The topological polar surface area (TPSA) is 78.6 Å². The van der Waals surface area contributed by atoms with Gasteiger partial charge in [0.1, 0.15) is 12.4 Å². The van der Waals surface area contributed by atoms with Gasteiger partial charge in [-0.05, 0) is 12.1 Å². The molecular weight excluding hydrogens is 304 g/mol. The maximum Gasteiger partial charge on any atom is 0.355 e. The van der Waals surface area contributed by atoms with E-state index in [9.17, 15) is 4.79 Å². The average molecular weight is 318 g/mol. The number of nitrogens with zero attached hydrogens (tertiary/aromatic N) is 4. The van der Waals surface area contributed by atoms with E-state index in [4.69, 9.17) is 4.84 Å². The van der Waals surface area contributed by atoms with Gasteiger partial charge in [-0.25, -0.2) is 4.79 Å². The number of ether oxygens (including phenoxy) is 1. The van der Waals surface area contributed by atoms with Gasteiger partial charge in [0, 0.05) is 17.9 Å². The van der Waals surface area contributed by atoms with Crippen molar-refractivity contribution in [1.82, 2.24) is 14.8 Å². The smallest absolute Gasteiger partial charge is 0.355 e. The van der Waals surface area contributed by atoms with Gasteiger partial charge in [-0.1, -0.05) is 35.1 Å². The zero-order chi connectivity index (χ0) is 15.4. The van der Waals surface area contributed by atoms with Crippen LogP contribution < -0.4 is 0 Å². The molecular formula is C14H14N4O3S. The fourth-order valence-electron chi connectivity index (χ4n) is 2.01. The van der Waals surface area contributed by atoms with Crippen LogP contribution in [-0.4, -0.2) is 45.4 Å². The van der Waals surface area contributed by atoms with Gasteiger partial charge < -0.3 is 9.57 Å². The standard InChI is InChI=1S/C14H14N4O3S/c1-20-13(19)12-7-11(21-17-12)8-22-14-16-15-9-18(14)10-5-3-2-4-6-10/h2-6,9,11H,7-8H2,1H3/t11-/m1/s1. The largest absolute Gasteiger partial charge is 0.464 e. The number of aromatic nitrogens is 3. The summed E-state index contributed by atoms with van der Waals surface area (Å²) in [6, 6.07) is 9.84. The Morgan fingerprint density at radius 1 is 1.45 bits per heavy atom. The minimum atomic E-state index is -0.444. The Labute approximate surface area is 131 Å². The van der Waals surface area contributed by atoms with Crippen LogP contribution in [0.2, 0.25) is 0 Å². The SMILES string of the molecule is COC(=O)C1=NO[C@@H](CSc2nncn2-c2ccccc2)C1. The fraction of sp³-hybridized carbons (Fsp3) is 0.286. The van der Waals surface area contributed by atoms with Crippen LogP contribution in [0.1, 0.15) is 6.42 Å². The van der Waals surface area contributed by atoms with E-state index in [0.717, 1.165) is 10.8 Å². The maximum absolute atomic E-state index is 11.4. The first-order chi connectivity index (χ1) is 10.8. The van der Waals surface area contributed by atoms with Gasteiger partial charge in [-0.15, -0.1) is 10.2 Å². The molecule has 114 valence electrons. The highest BCUT2D eigenvalue weighted by atomic mass is 32.2. The summed E-state index contributed by atoms with van der Waals surface area (Å²) >= 11 is 1.51. The van der Waals surface area contributed by atoms with Crippen LogP contribution >= 0.6 is 11.8 Å². The molecule has 1 aromatic heterocycles. The molecule has 0 saturated carbocycles. The zero-order valence-corrected chi connectivity index (χ0v) is 12.7. The minimum absolute atomic E-state index is 0.167. The summed E-state index contributed by atoms with van der Waals surface area (Å²) in [6.07, 6.45) is 1.95. The second-order valence-electron chi connectivity index (χ2n) is 4.59. The monoisotopic (exact) mass is 318 g/mol. The summed E-state index contributed by atoms with van der Waals surface area (Å²) in [5, 5.41) is 12.6. The zero-order valence-electron chi connectivity index (χ0n) is 11.9. The first-order valence-electron chi connectivity index (χ1n) is 6.67. The highest BCUT2D eigenvalue weighted by Crippen LogP contribution is 2.23. The lowest BCUT2D eigenvalue weighted by Crippen LogP contribution is -2.18. The maximum atomic E-state index is 11.4. The molecule has 8 heteroatoms. The summed E-state index contributed by atoms with van der Waals surface area (Å²) in [7, 11) is 1.33. The number of esters is 1. The van der Waals surface area contributed by atoms with Crippen molar-refractivity contribution in [3.63, 3.8) is 0 Å². The Morgan fingerprint density at radius 2 is 2.27 bits per heavy atom. The molecule has 0 bridgehead atoms. The molecule has 0 unspecified atom stereocenters. The quantitative estimate of drug-likeness (QED) is 0.616. The highest BCUT2D eigenvalue weighted by molar-refractivity contribution is 7.99. The van der Waals surface area contributed by atoms with Crippen molar-refractivity contribution < 1.29 is 14.4 Å². The van der Waals surface area contributed by atoms with Gasteiger partial charge in [0.05, 0.1) is 7.11 Å². The lowest BCUT2D eigenvalue weighted by atomic mass is 10.2. The predicted octanol–water partition coefficient (Wildman–Crippen LogP) is 1.68. The number of para-hydroxylation sites is 1. The Balaban J connectivity index is 1.60. The molecule has 1 atom stereocenters. The van der Waals surface area contributed by atoms with Crippen molar-refractivity contribution in [1.29, 1.82) is 0 Å². The van der Waals surface area contributed by atoms with Gasteiger partial charge in [-0.3, -0.25) is 4.57 Å².